The number of hydrogen-bond donors (Lipinski definition) is 1. The van der Waals surface area contributed by atoms with E-state index < -0.39 is 0 Å². The van der Waals surface area contributed by atoms with E-state index in [0.29, 0.717) is 31.1 Å². The largest absolute Gasteiger partial charge is 0.497 e. The fourth-order valence-corrected chi connectivity index (χ4v) is 3.30. The molecule has 1 aliphatic heterocycles. The van der Waals surface area contributed by atoms with Gasteiger partial charge in [0.25, 0.3) is 5.91 Å². The maximum atomic E-state index is 12.8. The van der Waals surface area contributed by atoms with Crippen molar-refractivity contribution < 1.29 is 9.53 Å². The van der Waals surface area contributed by atoms with Gasteiger partial charge >= 0.3 is 0 Å². The van der Waals surface area contributed by atoms with Crippen LogP contribution in [0.2, 0.25) is 0 Å². The molecule has 4 rings (SSSR count). The number of nitrogens with zero attached hydrogens (tertiary/aromatic N) is 3. The quantitative estimate of drug-likeness (QED) is 0.742. The van der Waals surface area contributed by atoms with Gasteiger partial charge < -0.3 is 15.0 Å². The Bertz CT molecular complexity index is 955. The molecule has 1 amide bonds. The number of hydrogen-bond acceptors (Lipinski definition) is 5. The third kappa shape index (κ3) is 3.96. The molecule has 0 spiro atoms. The van der Waals surface area contributed by atoms with Gasteiger partial charge in [-0.15, -0.1) is 0 Å². The van der Waals surface area contributed by atoms with Crippen LogP contribution in [0, 0.1) is 0 Å². The van der Waals surface area contributed by atoms with Gasteiger partial charge in [-0.2, -0.15) is 0 Å². The number of rotatable bonds is 5. The van der Waals surface area contributed by atoms with Gasteiger partial charge in [0.1, 0.15) is 17.3 Å². The van der Waals surface area contributed by atoms with Crippen LogP contribution in [-0.4, -0.2) is 34.4 Å². The normalized spacial score (nSPS) is 13.0. The van der Waals surface area contributed by atoms with Crippen molar-refractivity contribution in [2.24, 2.45) is 0 Å². The average molecular weight is 374 g/mol. The van der Waals surface area contributed by atoms with Gasteiger partial charge in [-0.05, 0) is 35.2 Å². The van der Waals surface area contributed by atoms with E-state index >= 15 is 0 Å². The first-order valence-corrected chi connectivity index (χ1v) is 9.28. The predicted octanol–water partition coefficient (Wildman–Crippen LogP) is 3.30. The number of carbonyl (C=O) groups excluding carboxylic acids is 1. The Morgan fingerprint density at radius 3 is 2.57 bits per heavy atom. The van der Waals surface area contributed by atoms with Crippen LogP contribution in [0.4, 0.5) is 5.82 Å². The molecule has 2 heterocycles. The molecule has 0 bridgehead atoms. The van der Waals surface area contributed by atoms with Crippen molar-refractivity contribution in [2.45, 2.75) is 19.5 Å². The van der Waals surface area contributed by atoms with Crippen LogP contribution in [0.5, 0.6) is 5.75 Å². The second-order valence-corrected chi connectivity index (χ2v) is 6.73. The zero-order chi connectivity index (χ0) is 19.3. The van der Waals surface area contributed by atoms with Crippen LogP contribution in [0.3, 0.4) is 0 Å². The van der Waals surface area contributed by atoms with Gasteiger partial charge in [-0.25, -0.2) is 9.97 Å². The molecule has 0 saturated carbocycles. The SMILES string of the molecule is COc1ccc(CNc2cnc(C(=O)N3CCc4ccccc4C3)cn2)cc1. The van der Waals surface area contributed by atoms with Crippen LogP contribution >= 0.6 is 0 Å². The number of methoxy groups -OCH3 is 1. The van der Waals surface area contributed by atoms with Crippen molar-refractivity contribution in [1.82, 2.24) is 14.9 Å². The Balaban J connectivity index is 1.37. The summed E-state index contributed by atoms with van der Waals surface area (Å²) in [5, 5.41) is 3.22. The van der Waals surface area contributed by atoms with Crippen molar-refractivity contribution in [2.75, 3.05) is 19.0 Å². The van der Waals surface area contributed by atoms with Crippen molar-refractivity contribution in [3.63, 3.8) is 0 Å². The summed E-state index contributed by atoms with van der Waals surface area (Å²) in [6, 6.07) is 16.1. The fraction of sp³-hybridized carbons (Fsp3) is 0.227. The lowest BCUT2D eigenvalue weighted by molar-refractivity contribution is 0.0728. The Morgan fingerprint density at radius 1 is 1.07 bits per heavy atom. The predicted molar refractivity (Wildman–Crippen MR) is 107 cm³/mol. The van der Waals surface area contributed by atoms with Gasteiger partial charge in [0.15, 0.2) is 0 Å². The fourth-order valence-electron chi connectivity index (χ4n) is 3.30. The molecule has 1 aliphatic rings. The molecule has 0 aliphatic carbocycles. The lowest BCUT2D eigenvalue weighted by Crippen LogP contribution is -2.36. The molecule has 6 nitrogen and oxygen atoms in total. The molecule has 3 aromatic rings. The Morgan fingerprint density at radius 2 is 1.86 bits per heavy atom. The van der Waals surface area contributed by atoms with Gasteiger partial charge in [0, 0.05) is 19.6 Å². The van der Waals surface area contributed by atoms with Gasteiger partial charge in [-0.1, -0.05) is 36.4 Å². The highest BCUT2D eigenvalue weighted by Crippen LogP contribution is 2.20. The zero-order valence-corrected chi connectivity index (χ0v) is 15.8. The number of ether oxygens (including phenoxy) is 1. The Kier molecular flexibility index (Phi) is 5.19. The van der Waals surface area contributed by atoms with E-state index in [0.717, 1.165) is 17.7 Å². The highest BCUT2D eigenvalue weighted by atomic mass is 16.5. The highest BCUT2D eigenvalue weighted by molar-refractivity contribution is 5.92. The van der Waals surface area contributed by atoms with Crippen molar-refractivity contribution in [3.05, 3.63) is 83.3 Å². The minimum atomic E-state index is -0.0799. The molecule has 0 fully saturated rings. The summed E-state index contributed by atoms with van der Waals surface area (Å²) in [5.41, 5.74) is 3.99. The molecule has 6 heteroatoms. The number of carbonyl (C=O) groups is 1. The first-order chi connectivity index (χ1) is 13.7. The van der Waals surface area contributed by atoms with Gasteiger partial charge in [-0.3, -0.25) is 4.79 Å². The minimum absolute atomic E-state index is 0.0799. The summed E-state index contributed by atoms with van der Waals surface area (Å²) in [6.45, 7) is 1.94. The molecular weight excluding hydrogens is 352 g/mol. The monoisotopic (exact) mass is 374 g/mol. The summed E-state index contributed by atoms with van der Waals surface area (Å²) in [5.74, 6) is 1.38. The standard InChI is InChI=1S/C22H22N4O2/c1-28-19-8-6-16(7-9-19)12-24-21-14-23-20(13-25-21)22(27)26-11-10-17-4-2-3-5-18(17)15-26/h2-9,13-14H,10-12,15H2,1H3,(H,24,25). The summed E-state index contributed by atoms with van der Waals surface area (Å²) in [4.78, 5) is 23.2. The number of aromatic nitrogens is 2. The molecule has 28 heavy (non-hydrogen) atoms. The van der Waals surface area contributed by atoms with E-state index in [9.17, 15) is 4.79 Å². The summed E-state index contributed by atoms with van der Waals surface area (Å²) >= 11 is 0. The zero-order valence-electron chi connectivity index (χ0n) is 15.8. The first kappa shape index (κ1) is 18.0. The molecule has 0 atom stereocenters. The van der Waals surface area contributed by atoms with Crippen molar-refractivity contribution in [1.29, 1.82) is 0 Å². The van der Waals surface area contributed by atoms with Crippen molar-refractivity contribution in [3.8, 4) is 5.75 Å². The molecule has 1 aromatic heterocycles. The number of anilines is 1. The first-order valence-electron chi connectivity index (χ1n) is 9.28. The van der Waals surface area contributed by atoms with Gasteiger partial charge in [0.05, 0.1) is 19.5 Å². The molecule has 0 radical (unpaired) electrons. The number of amides is 1. The van der Waals surface area contributed by atoms with E-state index in [-0.39, 0.29) is 5.91 Å². The maximum absolute atomic E-state index is 12.8. The highest BCUT2D eigenvalue weighted by Gasteiger charge is 2.22. The molecule has 0 saturated heterocycles. The molecule has 142 valence electrons. The topological polar surface area (TPSA) is 67.3 Å². The second-order valence-electron chi connectivity index (χ2n) is 6.73. The van der Waals surface area contributed by atoms with E-state index in [1.165, 1.54) is 11.1 Å². The Labute approximate surface area is 164 Å². The summed E-state index contributed by atoms with van der Waals surface area (Å²) in [6.07, 6.45) is 4.02. The number of benzene rings is 2. The molecule has 0 unspecified atom stereocenters. The third-order valence-electron chi connectivity index (χ3n) is 4.92. The van der Waals surface area contributed by atoms with E-state index in [1.807, 2.05) is 41.3 Å². The molecular formula is C22H22N4O2. The van der Waals surface area contributed by atoms with E-state index in [2.05, 4.69) is 27.4 Å². The Hall–Kier alpha value is -3.41. The number of fused-ring (bicyclic) bond motifs is 1. The third-order valence-corrected chi connectivity index (χ3v) is 4.92. The second kappa shape index (κ2) is 8.08. The molecule has 2 aromatic carbocycles. The van der Waals surface area contributed by atoms with E-state index in [1.54, 1.807) is 19.5 Å². The van der Waals surface area contributed by atoms with Crippen LogP contribution in [0.15, 0.2) is 60.9 Å². The van der Waals surface area contributed by atoms with Crippen LogP contribution in [0.25, 0.3) is 0 Å². The maximum Gasteiger partial charge on any atom is 0.274 e. The van der Waals surface area contributed by atoms with Crippen LogP contribution in [0.1, 0.15) is 27.2 Å². The van der Waals surface area contributed by atoms with Crippen LogP contribution in [-0.2, 0) is 19.5 Å². The summed E-state index contributed by atoms with van der Waals surface area (Å²) < 4.78 is 5.16. The minimum Gasteiger partial charge on any atom is -0.497 e. The van der Waals surface area contributed by atoms with Crippen LogP contribution < -0.4 is 10.1 Å². The molecule has 1 N–H and O–H groups in total. The van der Waals surface area contributed by atoms with Gasteiger partial charge in [0.2, 0.25) is 0 Å². The average Bonchev–Trinajstić information content (AvgIpc) is 2.77. The smallest absolute Gasteiger partial charge is 0.274 e. The lowest BCUT2D eigenvalue weighted by Gasteiger charge is -2.28. The lowest BCUT2D eigenvalue weighted by atomic mass is 10.00. The summed E-state index contributed by atoms with van der Waals surface area (Å²) in [7, 11) is 1.65. The van der Waals surface area contributed by atoms with Crippen molar-refractivity contribution >= 4 is 11.7 Å². The van der Waals surface area contributed by atoms with E-state index in [4.69, 9.17) is 4.74 Å². The number of nitrogens with one attached hydrogen (secondary N) is 1.